The normalized spacial score (nSPS) is 14.0. The van der Waals surface area contributed by atoms with Gasteiger partial charge in [0.25, 0.3) is 5.91 Å². The summed E-state index contributed by atoms with van der Waals surface area (Å²) in [5.41, 5.74) is 2.55. The highest BCUT2D eigenvalue weighted by Gasteiger charge is 2.23. The Morgan fingerprint density at radius 3 is 2.61 bits per heavy atom. The summed E-state index contributed by atoms with van der Waals surface area (Å²) in [6, 6.07) is 11.4. The molecule has 0 atom stereocenters. The van der Waals surface area contributed by atoms with Crippen LogP contribution in [0, 0.1) is 11.8 Å². The van der Waals surface area contributed by atoms with Crippen molar-refractivity contribution < 1.29 is 9.90 Å². The number of aliphatic hydroxyl groups excluding tert-OH is 1. The molecule has 0 saturated carbocycles. The first-order valence-corrected chi connectivity index (χ1v) is 9.40. The molecule has 6 heteroatoms. The number of nitrogens with zero attached hydrogens (tertiary/aromatic N) is 4. The van der Waals surface area contributed by atoms with Crippen LogP contribution in [-0.4, -0.2) is 72.7 Å². The first-order chi connectivity index (χ1) is 13.6. The number of hydrogen-bond acceptors (Lipinski definition) is 5. The van der Waals surface area contributed by atoms with Crippen LogP contribution in [0.5, 0.6) is 0 Å². The van der Waals surface area contributed by atoms with E-state index in [1.807, 2.05) is 43.4 Å². The molecule has 2 heterocycles. The number of pyridine rings is 1. The van der Waals surface area contributed by atoms with Crippen LogP contribution in [0.1, 0.15) is 21.5 Å². The fraction of sp³-hybridized carbons (Fsp3) is 0.364. The lowest BCUT2D eigenvalue weighted by atomic mass is 10.1. The van der Waals surface area contributed by atoms with Gasteiger partial charge in [0.05, 0.1) is 0 Å². The standard InChI is InChI=1S/C22H26N4O2/c1-24(2)17-19-8-9-21(23-16-19)25-10-12-26(13-11-25)22(28)20-7-3-5-18(15-20)6-4-14-27/h3,5,7-9,15-16,27H,10-14,17H2,1-2H3. The number of aromatic nitrogens is 1. The van der Waals surface area contributed by atoms with E-state index in [0.29, 0.717) is 18.7 Å². The van der Waals surface area contributed by atoms with Crippen molar-refractivity contribution in [2.75, 3.05) is 51.8 Å². The molecule has 0 bridgehead atoms. The second-order valence-electron chi connectivity index (χ2n) is 7.08. The molecule has 1 aliphatic rings. The maximum absolute atomic E-state index is 12.8. The van der Waals surface area contributed by atoms with Gasteiger partial charge in [-0.3, -0.25) is 4.79 Å². The number of rotatable bonds is 4. The summed E-state index contributed by atoms with van der Waals surface area (Å²) < 4.78 is 0. The van der Waals surface area contributed by atoms with Crippen LogP contribution in [0.3, 0.4) is 0 Å². The summed E-state index contributed by atoms with van der Waals surface area (Å²) in [5, 5.41) is 8.82. The molecule has 2 aromatic rings. The average molecular weight is 378 g/mol. The minimum atomic E-state index is -0.190. The minimum Gasteiger partial charge on any atom is -0.384 e. The predicted molar refractivity (Wildman–Crippen MR) is 110 cm³/mol. The summed E-state index contributed by atoms with van der Waals surface area (Å²) in [4.78, 5) is 23.6. The van der Waals surface area contributed by atoms with Crippen molar-refractivity contribution in [1.29, 1.82) is 0 Å². The number of carbonyl (C=O) groups excluding carboxylic acids is 1. The molecule has 1 aromatic heterocycles. The number of piperazine rings is 1. The Hall–Kier alpha value is -2.88. The second kappa shape index (κ2) is 9.36. The molecule has 1 fully saturated rings. The number of anilines is 1. The lowest BCUT2D eigenvalue weighted by molar-refractivity contribution is 0.0746. The Morgan fingerprint density at radius 1 is 1.18 bits per heavy atom. The van der Waals surface area contributed by atoms with Crippen LogP contribution in [0.25, 0.3) is 0 Å². The summed E-state index contributed by atoms with van der Waals surface area (Å²) in [6.45, 7) is 3.52. The Kier molecular flexibility index (Phi) is 6.64. The van der Waals surface area contributed by atoms with Gasteiger partial charge in [0, 0.05) is 50.0 Å². The third-order valence-corrected chi connectivity index (χ3v) is 4.62. The predicted octanol–water partition coefficient (Wildman–Crippen LogP) is 1.45. The highest BCUT2D eigenvalue weighted by Crippen LogP contribution is 2.16. The maximum atomic E-state index is 12.8. The quantitative estimate of drug-likeness (QED) is 0.816. The van der Waals surface area contributed by atoms with E-state index in [1.165, 1.54) is 5.56 Å². The number of hydrogen-bond donors (Lipinski definition) is 1. The molecule has 0 radical (unpaired) electrons. The highest BCUT2D eigenvalue weighted by atomic mass is 16.2. The van der Waals surface area contributed by atoms with Gasteiger partial charge >= 0.3 is 0 Å². The number of amides is 1. The lowest BCUT2D eigenvalue weighted by Crippen LogP contribution is -2.49. The van der Waals surface area contributed by atoms with Crippen molar-refractivity contribution >= 4 is 11.7 Å². The Bertz CT molecular complexity index is 860. The highest BCUT2D eigenvalue weighted by molar-refractivity contribution is 5.94. The zero-order chi connectivity index (χ0) is 19.9. The van der Waals surface area contributed by atoms with Crippen LogP contribution in [0.4, 0.5) is 5.82 Å². The second-order valence-corrected chi connectivity index (χ2v) is 7.08. The van der Waals surface area contributed by atoms with Gasteiger partial charge in [-0.25, -0.2) is 4.98 Å². The van der Waals surface area contributed by atoms with Crippen LogP contribution >= 0.6 is 0 Å². The van der Waals surface area contributed by atoms with E-state index in [0.717, 1.165) is 31.0 Å². The molecule has 1 aromatic carbocycles. The molecule has 1 amide bonds. The molecule has 146 valence electrons. The van der Waals surface area contributed by atoms with E-state index in [2.05, 4.69) is 38.8 Å². The maximum Gasteiger partial charge on any atom is 0.254 e. The summed E-state index contributed by atoms with van der Waals surface area (Å²) in [7, 11) is 4.08. The summed E-state index contributed by atoms with van der Waals surface area (Å²) in [6.07, 6.45) is 1.92. The van der Waals surface area contributed by atoms with Gasteiger partial charge in [-0.15, -0.1) is 0 Å². The lowest BCUT2D eigenvalue weighted by Gasteiger charge is -2.35. The number of aliphatic hydroxyl groups is 1. The largest absolute Gasteiger partial charge is 0.384 e. The smallest absolute Gasteiger partial charge is 0.254 e. The van der Waals surface area contributed by atoms with Gasteiger partial charge in [0.2, 0.25) is 0 Å². The van der Waals surface area contributed by atoms with Gasteiger partial charge in [0.1, 0.15) is 12.4 Å². The fourth-order valence-electron chi connectivity index (χ4n) is 3.26. The van der Waals surface area contributed by atoms with Gasteiger partial charge in [0.15, 0.2) is 0 Å². The van der Waals surface area contributed by atoms with Crippen LogP contribution in [0.15, 0.2) is 42.6 Å². The van der Waals surface area contributed by atoms with E-state index in [1.54, 1.807) is 6.07 Å². The van der Waals surface area contributed by atoms with Crippen molar-refractivity contribution in [2.24, 2.45) is 0 Å². The monoisotopic (exact) mass is 378 g/mol. The molecule has 1 N–H and O–H groups in total. The molecule has 6 nitrogen and oxygen atoms in total. The van der Waals surface area contributed by atoms with Crippen molar-refractivity contribution in [3.05, 3.63) is 59.3 Å². The van der Waals surface area contributed by atoms with Crippen molar-refractivity contribution in [2.45, 2.75) is 6.54 Å². The van der Waals surface area contributed by atoms with Gasteiger partial charge in [-0.05, 0) is 43.9 Å². The van der Waals surface area contributed by atoms with Gasteiger partial charge < -0.3 is 19.8 Å². The SMILES string of the molecule is CN(C)Cc1ccc(N2CCN(C(=O)c3cccc(C#CCO)c3)CC2)nc1. The third-order valence-electron chi connectivity index (χ3n) is 4.62. The van der Waals surface area contributed by atoms with Crippen LogP contribution < -0.4 is 4.90 Å². The topological polar surface area (TPSA) is 59.9 Å². The molecule has 0 unspecified atom stereocenters. The molecule has 0 spiro atoms. The Balaban J connectivity index is 1.60. The van der Waals surface area contributed by atoms with E-state index >= 15 is 0 Å². The number of carbonyl (C=O) groups is 1. The van der Waals surface area contributed by atoms with Crippen molar-refractivity contribution in [3.63, 3.8) is 0 Å². The molecule has 1 aliphatic heterocycles. The molecule has 0 aliphatic carbocycles. The zero-order valence-electron chi connectivity index (χ0n) is 16.4. The van der Waals surface area contributed by atoms with Crippen molar-refractivity contribution in [3.8, 4) is 11.8 Å². The zero-order valence-corrected chi connectivity index (χ0v) is 16.4. The van der Waals surface area contributed by atoms with E-state index in [9.17, 15) is 4.79 Å². The first-order valence-electron chi connectivity index (χ1n) is 9.40. The Labute approximate surface area is 166 Å². The van der Waals surface area contributed by atoms with Crippen LogP contribution in [-0.2, 0) is 6.54 Å². The molecule has 1 saturated heterocycles. The summed E-state index contributed by atoms with van der Waals surface area (Å²) in [5.74, 6) is 6.43. The molecular weight excluding hydrogens is 352 g/mol. The average Bonchev–Trinajstić information content (AvgIpc) is 2.72. The van der Waals surface area contributed by atoms with Crippen LogP contribution in [0.2, 0.25) is 0 Å². The van der Waals surface area contributed by atoms with Gasteiger partial charge in [-0.2, -0.15) is 0 Å². The van der Waals surface area contributed by atoms with E-state index in [-0.39, 0.29) is 12.5 Å². The molecule has 28 heavy (non-hydrogen) atoms. The third kappa shape index (κ3) is 5.10. The van der Waals surface area contributed by atoms with Crippen molar-refractivity contribution in [1.82, 2.24) is 14.8 Å². The van der Waals surface area contributed by atoms with E-state index in [4.69, 9.17) is 5.11 Å². The molecule has 3 rings (SSSR count). The number of benzene rings is 1. The summed E-state index contributed by atoms with van der Waals surface area (Å²) >= 11 is 0. The van der Waals surface area contributed by atoms with Gasteiger partial charge in [-0.1, -0.05) is 24.0 Å². The Morgan fingerprint density at radius 2 is 1.96 bits per heavy atom. The first kappa shape index (κ1) is 19.9. The fourth-order valence-corrected chi connectivity index (χ4v) is 3.26. The van der Waals surface area contributed by atoms with E-state index < -0.39 is 0 Å². The minimum absolute atomic E-state index is 0.0154. The molecular formula is C22H26N4O2.